The largest absolute Gasteiger partial charge is 0.373 e. The van der Waals surface area contributed by atoms with E-state index in [4.69, 9.17) is 4.74 Å². The highest BCUT2D eigenvalue weighted by Crippen LogP contribution is 2.23. The van der Waals surface area contributed by atoms with Crippen molar-refractivity contribution in [3.05, 3.63) is 53.5 Å². The first-order chi connectivity index (χ1) is 13.3. The normalized spacial score (nSPS) is 23.8. The maximum absolute atomic E-state index is 5.51. The molecule has 1 aromatic heterocycles. The second kappa shape index (κ2) is 8.20. The Morgan fingerprint density at radius 2 is 2.07 bits per heavy atom. The van der Waals surface area contributed by atoms with Crippen LogP contribution in [0, 0.1) is 0 Å². The number of amidine groups is 1. The first-order valence-corrected chi connectivity index (χ1v) is 9.07. The van der Waals surface area contributed by atoms with Crippen LogP contribution in [-0.2, 0) is 4.74 Å². The van der Waals surface area contributed by atoms with E-state index in [0.717, 1.165) is 23.5 Å². The second-order valence-corrected chi connectivity index (χ2v) is 6.57. The number of aliphatic imine (C=N–C) groups is 2. The Hall–Kier alpha value is -2.90. The Labute approximate surface area is 158 Å². The maximum atomic E-state index is 5.51. The lowest BCUT2D eigenvalue weighted by molar-refractivity contribution is 0.146. The van der Waals surface area contributed by atoms with Crippen molar-refractivity contribution in [1.29, 1.82) is 0 Å². The van der Waals surface area contributed by atoms with Gasteiger partial charge < -0.3 is 10.2 Å². The zero-order valence-electron chi connectivity index (χ0n) is 15.2. The van der Waals surface area contributed by atoms with E-state index in [0.29, 0.717) is 30.9 Å². The van der Waals surface area contributed by atoms with Crippen LogP contribution in [-0.4, -0.2) is 41.3 Å². The summed E-state index contributed by atoms with van der Waals surface area (Å²) < 4.78 is 5.51. The molecule has 2 N–H and O–H groups in total. The molecule has 27 heavy (non-hydrogen) atoms. The van der Waals surface area contributed by atoms with Gasteiger partial charge in [0.2, 0.25) is 0 Å². The van der Waals surface area contributed by atoms with E-state index in [1.807, 2.05) is 48.6 Å². The van der Waals surface area contributed by atoms with E-state index in [1.165, 1.54) is 0 Å². The number of nitrogens with zero attached hydrogens (tertiary/aromatic N) is 4. The SMILES string of the molecule is CC1CC(=Nc2cc(C3COCC=N3)nc(/C=C/c3ccccc3)n2)NN1. The van der Waals surface area contributed by atoms with Gasteiger partial charge in [-0.2, -0.15) is 0 Å². The lowest BCUT2D eigenvalue weighted by Crippen LogP contribution is -2.29. The monoisotopic (exact) mass is 362 g/mol. The van der Waals surface area contributed by atoms with E-state index in [-0.39, 0.29) is 6.04 Å². The standard InChI is InChI=1S/C20H22N6O/c1-14-11-20(26-25-14)24-19-12-16(17-13-27-10-9-21-17)22-18(23-19)8-7-15-5-3-2-4-6-15/h2-9,12,14,17,25H,10-11,13H2,1H3,(H,22,23,24,26)/b8-7+. The van der Waals surface area contributed by atoms with Crippen molar-refractivity contribution in [2.45, 2.75) is 25.4 Å². The summed E-state index contributed by atoms with van der Waals surface area (Å²) in [7, 11) is 0. The zero-order valence-corrected chi connectivity index (χ0v) is 15.2. The molecule has 1 fully saturated rings. The molecule has 2 aliphatic rings. The zero-order chi connectivity index (χ0) is 18.5. The van der Waals surface area contributed by atoms with E-state index < -0.39 is 0 Å². The lowest BCUT2D eigenvalue weighted by Gasteiger charge is -2.16. The summed E-state index contributed by atoms with van der Waals surface area (Å²) in [6.45, 7) is 3.16. The molecular weight excluding hydrogens is 340 g/mol. The minimum Gasteiger partial charge on any atom is -0.373 e. The summed E-state index contributed by atoms with van der Waals surface area (Å²) in [5.41, 5.74) is 8.15. The fourth-order valence-electron chi connectivity index (χ4n) is 2.93. The number of ether oxygens (including phenoxy) is 1. The number of benzene rings is 1. The van der Waals surface area contributed by atoms with Crippen molar-refractivity contribution in [1.82, 2.24) is 20.8 Å². The summed E-state index contributed by atoms with van der Waals surface area (Å²) in [5, 5.41) is 0. The molecule has 1 saturated heterocycles. The van der Waals surface area contributed by atoms with Gasteiger partial charge >= 0.3 is 0 Å². The van der Waals surface area contributed by atoms with Gasteiger partial charge in [0.25, 0.3) is 0 Å². The Morgan fingerprint density at radius 3 is 2.81 bits per heavy atom. The Bertz CT molecular complexity index is 877. The number of hydrogen-bond acceptors (Lipinski definition) is 6. The first-order valence-electron chi connectivity index (χ1n) is 9.07. The first kappa shape index (κ1) is 17.5. The molecule has 4 rings (SSSR count). The van der Waals surface area contributed by atoms with Crippen LogP contribution in [0.1, 0.15) is 36.5 Å². The van der Waals surface area contributed by atoms with E-state index >= 15 is 0 Å². The molecule has 2 atom stereocenters. The van der Waals surface area contributed by atoms with Gasteiger partial charge in [-0.25, -0.2) is 20.4 Å². The highest BCUT2D eigenvalue weighted by molar-refractivity contribution is 5.86. The van der Waals surface area contributed by atoms with Crippen molar-refractivity contribution < 1.29 is 4.74 Å². The predicted octanol–water partition coefficient (Wildman–Crippen LogP) is 2.71. The van der Waals surface area contributed by atoms with Gasteiger partial charge in [-0.05, 0) is 18.6 Å². The summed E-state index contributed by atoms with van der Waals surface area (Å²) >= 11 is 0. The van der Waals surface area contributed by atoms with Gasteiger partial charge in [-0.1, -0.05) is 36.4 Å². The third kappa shape index (κ3) is 4.64. The number of hydrazine groups is 1. The highest BCUT2D eigenvalue weighted by Gasteiger charge is 2.18. The Kier molecular flexibility index (Phi) is 5.32. The molecule has 0 radical (unpaired) electrons. The Morgan fingerprint density at radius 1 is 1.19 bits per heavy atom. The van der Waals surface area contributed by atoms with Crippen LogP contribution in [0.5, 0.6) is 0 Å². The fraction of sp³-hybridized carbons (Fsp3) is 0.300. The molecule has 0 saturated carbocycles. The molecule has 0 spiro atoms. The van der Waals surface area contributed by atoms with Gasteiger partial charge in [0, 0.05) is 24.7 Å². The quantitative estimate of drug-likeness (QED) is 0.874. The van der Waals surface area contributed by atoms with E-state index in [2.05, 4.69) is 37.7 Å². The molecular formula is C20H22N6O. The van der Waals surface area contributed by atoms with Gasteiger partial charge in [0.05, 0.1) is 18.9 Å². The summed E-state index contributed by atoms with van der Waals surface area (Å²) in [4.78, 5) is 18.4. The number of nitrogens with one attached hydrogen (secondary N) is 2. The van der Waals surface area contributed by atoms with Crippen LogP contribution >= 0.6 is 0 Å². The molecule has 2 aliphatic heterocycles. The topological polar surface area (TPSA) is 83.8 Å². The van der Waals surface area contributed by atoms with Crippen LogP contribution in [0.25, 0.3) is 12.2 Å². The van der Waals surface area contributed by atoms with Crippen molar-refractivity contribution in [3.63, 3.8) is 0 Å². The fourth-order valence-corrected chi connectivity index (χ4v) is 2.93. The molecule has 2 aromatic rings. The predicted molar refractivity (Wildman–Crippen MR) is 107 cm³/mol. The smallest absolute Gasteiger partial charge is 0.158 e. The summed E-state index contributed by atoms with van der Waals surface area (Å²) in [5.74, 6) is 2.09. The third-order valence-electron chi connectivity index (χ3n) is 4.28. The van der Waals surface area contributed by atoms with Crippen molar-refractivity contribution in [2.75, 3.05) is 13.2 Å². The number of hydrogen-bond donors (Lipinski definition) is 2. The van der Waals surface area contributed by atoms with Gasteiger partial charge in [0.15, 0.2) is 11.6 Å². The minimum atomic E-state index is -0.127. The van der Waals surface area contributed by atoms with Crippen molar-refractivity contribution in [2.24, 2.45) is 9.98 Å². The van der Waals surface area contributed by atoms with Crippen LogP contribution in [0.15, 0.2) is 46.4 Å². The molecule has 7 nitrogen and oxygen atoms in total. The molecule has 0 bridgehead atoms. The Balaban J connectivity index is 1.66. The average Bonchev–Trinajstić information content (AvgIpc) is 3.12. The minimum absolute atomic E-state index is 0.127. The highest BCUT2D eigenvalue weighted by atomic mass is 16.5. The molecule has 7 heteroatoms. The lowest BCUT2D eigenvalue weighted by atomic mass is 10.2. The van der Waals surface area contributed by atoms with Gasteiger partial charge in [0.1, 0.15) is 11.9 Å². The van der Waals surface area contributed by atoms with E-state index in [9.17, 15) is 0 Å². The van der Waals surface area contributed by atoms with Crippen molar-refractivity contribution in [3.8, 4) is 0 Å². The molecule has 0 amide bonds. The van der Waals surface area contributed by atoms with E-state index in [1.54, 1.807) is 6.21 Å². The van der Waals surface area contributed by atoms with Gasteiger partial charge in [-0.15, -0.1) is 0 Å². The number of aromatic nitrogens is 2. The molecule has 3 heterocycles. The molecule has 2 unspecified atom stereocenters. The summed E-state index contributed by atoms with van der Waals surface area (Å²) in [6.07, 6.45) is 6.51. The van der Waals surface area contributed by atoms with Gasteiger partial charge in [-0.3, -0.25) is 4.99 Å². The van der Waals surface area contributed by atoms with Crippen LogP contribution in [0.3, 0.4) is 0 Å². The van der Waals surface area contributed by atoms with Crippen LogP contribution < -0.4 is 10.9 Å². The van der Waals surface area contributed by atoms with Crippen molar-refractivity contribution >= 4 is 30.0 Å². The third-order valence-corrected chi connectivity index (χ3v) is 4.28. The molecule has 1 aromatic carbocycles. The second-order valence-electron chi connectivity index (χ2n) is 6.57. The average molecular weight is 362 g/mol. The van der Waals surface area contributed by atoms with Crippen LogP contribution in [0.4, 0.5) is 5.82 Å². The summed E-state index contributed by atoms with van der Waals surface area (Å²) in [6, 6.07) is 12.2. The maximum Gasteiger partial charge on any atom is 0.158 e. The van der Waals surface area contributed by atoms with Crippen LogP contribution in [0.2, 0.25) is 0 Å². The molecule has 138 valence electrons. The molecule has 0 aliphatic carbocycles. The number of rotatable bonds is 4.